The average Bonchev–Trinajstić information content (AvgIpc) is 0.918. The van der Waals surface area contributed by atoms with Gasteiger partial charge in [-0.25, -0.2) is 0 Å². The number of hydrogen-bond donors (Lipinski definition) is 0. The molecule has 0 aromatic rings. The smallest absolute Gasteiger partial charge is 0 e. The minimum atomic E-state index is 0. The van der Waals surface area contributed by atoms with Gasteiger partial charge in [0, 0.05) is 19.5 Å². The molecule has 0 aliphatic rings. The second kappa shape index (κ2) is 56.3. The molecule has 29 valence electrons. The molecule has 0 amide bonds. The van der Waals surface area contributed by atoms with Crippen LogP contribution in [-0.4, -0.2) is 7.28 Å². The van der Waals surface area contributed by atoms with Gasteiger partial charge in [0.2, 0.25) is 0 Å². The van der Waals surface area contributed by atoms with Crippen molar-refractivity contribution in [3.63, 3.8) is 0 Å². The first-order valence-electron chi connectivity index (χ1n) is 1.15. The van der Waals surface area contributed by atoms with E-state index >= 15 is 0 Å². The van der Waals surface area contributed by atoms with Gasteiger partial charge in [0.05, 0.1) is 0 Å². The fraction of sp³-hybridized carbons (Fsp3) is 1.00. The Morgan fingerprint density at radius 2 is 1.20 bits per heavy atom. The van der Waals surface area contributed by atoms with Crippen molar-refractivity contribution in [2.75, 3.05) is 0 Å². The Morgan fingerprint density at radius 3 is 1.20 bits per heavy atom. The van der Waals surface area contributed by atoms with E-state index in [0.717, 1.165) is 0 Å². The summed E-state index contributed by atoms with van der Waals surface area (Å²) in [6, 6.07) is 0. The van der Waals surface area contributed by atoms with E-state index in [1.807, 2.05) is 20.9 Å². The second-order valence-electron chi connectivity index (χ2n) is 0.577. The second-order valence-corrected chi connectivity index (χ2v) is 0.577. The molecule has 0 aromatic carbocycles. The number of hydrogen-bond acceptors (Lipinski definition) is 0. The Hall–Kier alpha value is -0.312. The van der Waals surface area contributed by atoms with E-state index in [1.54, 1.807) is 0 Å². The Kier molecular flexibility index (Phi) is 252. The van der Waals surface area contributed by atoms with Crippen molar-refractivity contribution in [3.8, 4) is 0 Å². The van der Waals surface area contributed by atoms with Crippen molar-refractivity contribution in [2.45, 2.75) is 13.6 Å². The molecule has 0 nitrogen and oxygen atoms in total. The third-order valence-electron chi connectivity index (χ3n) is 0. The van der Waals surface area contributed by atoms with E-state index in [9.17, 15) is 0 Å². The van der Waals surface area contributed by atoms with Gasteiger partial charge in [-0.05, 0) is 0 Å². The molecule has 3 radical (unpaired) electrons. The monoisotopic (exact) mass is 411 g/mol. The van der Waals surface area contributed by atoms with Crippen molar-refractivity contribution in [3.05, 3.63) is 0 Å². The zero-order valence-corrected chi connectivity index (χ0v) is 11.7. The van der Waals surface area contributed by atoms with Gasteiger partial charge in [0.15, 0.2) is 0 Å². The molecule has 0 spiro atoms. The largest absolute Gasteiger partial charge is 0.345 e. The van der Waals surface area contributed by atoms with Gasteiger partial charge in [-0.1, -0.05) is 0 Å². The molecule has 0 rings (SSSR count). The normalized spacial score (nSPS) is 3.60. The summed E-state index contributed by atoms with van der Waals surface area (Å²) in [4.78, 5) is 0. The van der Waals surface area contributed by atoms with Gasteiger partial charge < -0.3 is 7.28 Å². The molecular formula is C2H6BRfRh-. The van der Waals surface area contributed by atoms with Gasteiger partial charge >= 0.3 is 0 Å². The SMILES string of the molecule is C[B-]C.[Rf].[Rh]. The quantitative estimate of drug-likeness (QED) is 0.518. The Balaban J connectivity index is -0.0000000200. The predicted molar refractivity (Wildman–Crippen MR) is 17.5 cm³/mol. The maximum atomic E-state index is 2.00. The maximum absolute atomic E-state index is 2.00. The summed E-state index contributed by atoms with van der Waals surface area (Å²) in [5.41, 5.74) is 0. The first-order chi connectivity index (χ1) is 1.41. The first kappa shape index (κ1) is 22.4. The van der Waals surface area contributed by atoms with Crippen molar-refractivity contribution >= 4 is 7.28 Å². The molecule has 0 saturated carbocycles. The van der Waals surface area contributed by atoms with E-state index < -0.39 is 0 Å². The van der Waals surface area contributed by atoms with Crippen LogP contribution in [0.4, 0.5) is 0 Å². The van der Waals surface area contributed by atoms with Gasteiger partial charge in [-0.15, -0.1) is 0 Å². The van der Waals surface area contributed by atoms with Gasteiger partial charge in [-0.3, -0.25) is 13.6 Å². The van der Waals surface area contributed by atoms with Crippen LogP contribution < -0.4 is 0 Å². The van der Waals surface area contributed by atoms with Crippen molar-refractivity contribution < 1.29 is 19.5 Å². The first-order valence-corrected chi connectivity index (χ1v) is 1.15. The molecule has 0 unspecified atom stereocenters. The maximum Gasteiger partial charge on any atom is 0 e. The molecule has 0 atom stereocenters. The van der Waals surface area contributed by atoms with E-state index in [4.69, 9.17) is 0 Å². The summed E-state index contributed by atoms with van der Waals surface area (Å²) in [5.74, 6) is 0. The molecule has 0 aliphatic carbocycles. The molecule has 0 N–H and O–H groups in total. The third kappa shape index (κ3) is 108. The molecule has 0 fully saturated rings. The average molecular weight is 411 g/mol. The molecule has 5 heavy (non-hydrogen) atoms. The topological polar surface area (TPSA) is 0 Å². The van der Waals surface area contributed by atoms with Crippen LogP contribution >= 0.6 is 0 Å². The standard InChI is InChI=1S/C2H6B.Rf.Rh/c1-3-2;;/h1-2H3;;/q-1;;. The van der Waals surface area contributed by atoms with E-state index in [0.29, 0.717) is 0 Å². The molecule has 0 aliphatic heterocycles. The zero-order valence-electron chi connectivity index (χ0n) is 3.62. The summed E-state index contributed by atoms with van der Waals surface area (Å²) >= 11 is 0. The Labute approximate surface area is 41.0 Å². The number of rotatable bonds is 0. The van der Waals surface area contributed by atoms with Crippen molar-refractivity contribution in [2.24, 2.45) is 0 Å². The van der Waals surface area contributed by atoms with Crippen LogP contribution in [0.25, 0.3) is 0 Å². The predicted octanol–water partition coefficient (Wildman–Crippen LogP) is 0.784. The Morgan fingerprint density at radius 1 is 1.20 bits per heavy atom. The summed E-state index contributed by atoms with van der Waals surface area (Å²) in [6.45, 7) is 4.00. The molecule has 3 heteroatoms. The van der Waals surface area contributed by atoms with Crippen molar-refractivity contribution in [1.29, 1.82) is 0 Å². The van der Waals surface area contributed by atoms with Gasteiger partial charge in [-0.2, -0.15) is 0 Å². The van der Waals surface area contributed by atoms with E-state index in [-0.39, 0.29) is 19.5 Å². The fourth-order valence-electron chi connectivity index (χ4n) is 0. The molecule has 0 heterocycles. The molecular weight excluding hydrogens is 405 g/mol. The molecule has 0 saturated heterocycles. The minimum absolute atomic E-state index is 0. The van der Waals surface area contributed by atoms with Gasteiger partial charge in [0.25, 0.3) is 0 Å². The van der Waals surface area contributed by atoms with E-state index in [1.165, 1.54) is 0 Å². The van der Waals surface area contributed by atoms with Crippen LogP contribution in [0.5, 0.6) is 0 Å². The van der Waals surface area contributed by atoms with Crippen LogP contribution in [0.2, 0.25) is 13.6 Å². The molecule has 0 aromatic heterocycles. The van der Waals surface area contributed by atoms with Crippen LogP contribution in [0.3, 0.4) is 0 Å². The van der Waals surface area contributed by atoms with Crippen LogP contribution in [-0.2, 0) is 19.5 Å². The van der Waals surface area contributed by atoms with Gasteiger partial charge in [0.1, 0.15) is 0 Å². The van der Waals surface area contributed by atoms with Crippen LogP contribution in [0.15, 0.2) is 0 Å². The Bertz CT molecular complexity index is 9.61. The van der Waals surface area contributed by atoms with Crippen LogP contribution in [0.1, 0.15) is 0 Å². The van der Waals surface area contributed by atoms with Crippen molar-refractivity contribution in [1.82, 2.24) is 0 Å². The summed E-state index contributed by atoms with van der Waals surface area (Å²) in [7, 11) is 2.00. The van der Waals surface area contributed by atoms with Crippen LogP contribution in [0, 0.1) is 0 Å². The fourth-order valence-corrected chi connectivity index (χ4v) is 0. The summed E-state index contributed by atoms with van der Waals surface area (Å²) in [5, 5.41) is 0. The minimum Gasteiger partial charge on any atom is -0.345 e. The summed E-state index contributed by atoms with van der Waals surface area (Å²) in [6.07, 6.45) is 0. The third-order valence-corrected chi connectivity index (χ3v) is 0. The van der Waals surface area contributed by atoms with E-state index in [2.05, 4.69) is 0 Å². The summed E-state index contributed by atoms with van der Waals surface area (Å²) < 4.78 is 0. The zero-order chi connectivity index (χ0) is 2.71. The molecule has 0 bridgehead atoms.